The second-order valence-electron chi connectivity index (χ2n) is 7.65. The van der Waals surface area contributed by atoms with Crippen LogP contribution in [0.3, 0.4) is 0 Å². The van der Waals surface area contributed by atoms with Crippen LogP contribution in [-0.2, 0) is 11.3 Å². The maximum atomic E-state index is 12.1. The van der Waals surface area contributed by atoms with E-state index in [0.29, 0.717) is 17.9 Å². The molecule has 0 saturated carbocycles. The number of nitrogens with zero attached hydrogens (tertiary/aromatic N) is 3. The van der Waals surface area contributed by atoms with Crippen LogP contribution in [0.1, 0.15) is 36.8 Å². The van der Waals surface area contributed by atoms with E-state index in [1.165, 1.54) is 0 Å². The van der Waals surface area contributed by atoms with Gasteiger partial charge in [-0.2, -0.15) is 4.98 Å². The van der Waals surface area contributed by atoms with E-state index in [1.807, 2.05) is 31.2 Å². The van der Waals surface area contributed by atoms with E-state index < -0.39 is 11.7 Å². The number of rotatable bonds is 5. The van der Waals surface area contributed by atoms with Crippen LogP contribution in [0.25, 0.3) is 22.2 Å². The van der Waals surface area contributed by atoms with E-state index >= 15 is 0 Å². The Bertz CT molecular complexity index is 1070. The Morgan fingerprint density at radius 1 is 1.31 bits per heavy atom. The van der Waals surface area contributed by atoms with E-state index in [2.05, 4.69) is 15.3 Å². The molecular weight excluding hydrogens is 392 g/mol. The maximum Gasteiger partial charge on any atom is 0.407 e. The Labute approximate surface area is 174 Å². The Kier molecular flexibility index (Phi) is 5.88. The number of aryl methyl sites for hydroxylation is 1. The van der Waals surface area contributed by atoms with Gasteiger partial charge in [-0.3, -0.25) is 4.79 Å². The van der Waals surface area contributed by atoms with Crippen molar-refractivity contribution in [1.82, 2.24) is 19.9 Å². The van der Waals surface area contributed by atoms with Crippen LogP contribution in [-0.4, -0.2) is 39.1 Å². The number of fused-ring (bicyclic) bond motifs is 1. The zero-order valence-corrected chi connectivity index (χ0v) is 17.6. The van der Waals surface area contributed by atoms with Gasteiger partial charge < -0.3 is 14.6 Å². The molecule has 0 unspecified atom stereocenters. The molecule has 152 valence electrons. The number of alkyl carbamates (subject to hydrolysis) is 1. The molecule has 3 rings (SSSR count). The summed E-state index contributed by atoms with van der Waals surface area (Å²) in [6, 6.07) is 7.79. The smallest absolute Gasteiger partial charge is 0.407 e. The third-order valence-corrected chi connectivity index (χ3v) is 4.52. The highest BCUT2D eigenvalue weighted by atomic mass is 35.5. The number of carbonyl (C=O) groups excluding carboxylic acids is 2. The molecule has 0 aliphatic heterocycles. The SMILES string of the molecule is Cc1ccccc1-c1c(C=O)n(CCNC(=O)OC(C)(C)C)c2nc(Cl)ncc12. The minimum Gasteiger partial charge on any atom is -0.444 e. The molecule has 0 atom stereocenters. The second-order valence-corrected chi connectivity index (χ2v) is 7.99. The monoisotopic (exact) mass is 414 g/mol. The number of halogens is 1. The molecule has 3 aromatic rings. The van der Waals surface area contributed by atoms with E-state index in [1.54, 1.807) is 31.5 Å². The first-order valence-corrected chi connectivity index (χ1v) is 9.62. The Hall–Kier alpha value is -2.93. The highest BCUT2D eigenvalue weighted by Crippen LogP contribution is 2.35. The summed E-state index contributed by atoms with van der Waals surface area (Å²) in [7, 11) is 0. The van der Waals surface area contributed by atoms with Crippen LogP contribution in [0.2, 0.25) is 5.28 Å². The fourth-order valence-electron chi connectivity index (χ4n) is 3.19. The van der Waals surface area contributed by atoms with Crippen molar-refractivity contribution in [2.24, 2.45) is 0 Å². The molecule has 2 heterocycles. The predicted molar refractivity (Wildman–Crippen MR) is 112 cm³/mol. The highest BCUT2D eigenvalue weighted by molar-refractivity contribution is 6.28. The number of amides is 1. The summed E-state index contributed by atoms with van der Waals surface area (Å²) < 4.78 is 7.00. The van der Waals surface area contributed by atoms with Gasteiger partial charge in [-0.05, 0) is 50.4 Å². The summed E-state index contributed by atoms with van der Waals surface area (Å²) in [4.78, 5) is 32.4. The molecule has 1 N–H and O–H groups in total. The summed E-state index contributed by atoms with van der Waals surface area (Å²) in [5.41, 5.74) is 3.10. The van der Waals surface area contributed by atoms with E-state index in [4.69, 9.17) is 16.3 Å². The number of benzene rings is 1. The van der Waals surface area contributed by atoms with E-state index in [0.717, 1.165) is 28.4 Å². The van der Waals surface area contributed by atoms with E-state index in [9.17, 15) is 9.59 Å². The van der Waals surface area contributed by atoms with Crippen molar-refractivity contribution in [2.45, 2.75) is 39.8 Å². The number of aromatic nitrogens is 3. The maximum absolute atomic E-state index is 12.1. The Morgan fingerprint density at radius 3 is 2.69 bits per heavy atom. The van der Waals surface area contributed by atoms with Crippen molar-refractivity contribution < 1.29 is 14.3 Å². The number of ether oxygens (including phenoxy) is 1. The Balaban J connectivity index is 2.01. The van der Waals surface area contributed by atoms with Gasteiger partial charge in [0, 0.05) is 30.2 Å². The van der Waals surface area contributed by atoms with Crippen molar-refractivity contribution in [2.75, 3.05) is 6.54 Å². The van der Waals surface area contributed by atoms with E-state index in [-0.39, 0.29) is 11.8 Å². The molecule has 0 saturated heterocycles. The molecule has 1 amide bonds. The molecule has 29 heavy (non-hydrogen) atoms. The van der Waals surface area contributed by atoms with Crippen molar-refractivity contribution in [1.29, 1.82) is 0 Å². The highest BCUT2D eigenvalue weighted by Gasteiger charge is 2.21. The molecule has 0 bridgehead atoms. The number of hydrogen-bond acceptors (Lipinski definition) is 5. The van der Waals surface area contributed by atoms with Gasteiger partial charge in [0.25, 0.3) is 0 Å². The molecular formula is C21H23ClN4O3. The van der Waals surface area contributed by atoms with Crippen LogP contribution in [0.4, 0.5) is 4.79 Å². The number of carbonyl (C=O) groups is 2. The summed E-state index contributed by atoms with van der Waals surface area (Å²) in [6.45, 7) is 7.95. The number of hydrogen-bond donors (Lipinski definition) is 1. The molecule has 0 fully saturated rings. The quantitative estimate of drug-likeness (QED) is 0.494. The summed E-state index contributed by atoms with van der Waals surface area (Å²) in [6.07, 6.45) is 1.90. The van der Waals surface area contributed by atoms with Gasteiger partial charge >= 0.3 is 6.09 Å². The lowest BCUT2D eigenvalue weighted by Crippen LogP contribution is -2.34. The van der Waals surface area contributed by atoms with Crippen LogP contribution in [0.5, 0.6) is 0 Å². The normalized spacial score (nSPS) is 11.5. The molecule has 0 radical (unpaired) electrons. The average Bonchev–Trinajstić information content (AvgIpc) is 2.93. The van der Waals surface area contributed by atoms with Crippen molar-refractivity contribution in [3.05, 3.63) is 47.0 Å². The summed E-state index contributed by atoms with van der Waals surface area (Å²) in [5, 5.41) is 3.52. The van der Waals surface area contributed by atoms with Gasteiger partial charge in [0.1, 0.15) is 11.2 Å². The van der Waals surface area contributed by atoms with Gasteiger partial charge in [-0.25, -0.2) is 9.78 Å². The van der Waals surface area contributed by atoms with Crippen molar-refractivity contribution >= 4 is 35.0 Å². The largest absolute Gasteiger partial charge is 0.444 e. The van der Waals surface area contributed by atoms with Crippen molar-refractivity contribution in [3.63, 3.8) is 0 Å². The molecule has 8 heteroatoms. The minimum absolute atomic E-state index is 0.0881. The van der Waals surface area contributed by atoms with Crippen LogP contribution >= 0.6 is 11.6 Å². The molecule has 7 nitrogen and oxygen atoms in total. The van der Waals surface area contributed by atoms with Crippen LogP contribution in [0.15, 0.2) is 30.5 Å². The van der Waals surface area contributed by atoms with Gasteiger partial charge in [-0.1, -0.05) is 24.3 Å². The Morgan fingerprint density at radius 2 is 2.03 bits per heavy atom. The van der Waals surface area contributed by atoms with Crippen molar-refractivity contribution in [3.8, 4) is 11.1 Å². The number of aldehydes is 1. The fraction of sp³-hybridized carbons (Fsp3) is 0.333. The first-order chi connectivity index (χ1) is 13.7. The first-order valence-electron chi connectivity index (χ1n) is 9.24. The standard InChI is InChI=1S/C21H23ClN4O3/c1-13-7-5-6-8-14(13)17-15-11-24-19(22)25-18(15)26(16(17)12-27)10-9-23-20(28)29-21(2,3)4/h5-8,11-12H,9-10H2,1-4H3,(H,23,28). The van der Waals surface area contributed by atoms with Gasteiger partial charge in [0.2, 0.25) is 5.28 Å². The molecule has 0 spiro atoms. The third-order valence-electron chi connectivity index (χ3n) is 4.34. The minimum atomic E-state index is -0.586. The lowest BCUT2D eigenvalue weighted by Gasteiger charge is -2.19. The molecule has 0 aliphatic carbocycles. The third kappa shape index (κ3) is 4.56. The fourth-order valence-corrected chi connectivity index (χ4v) is 3.32. The van der Waals surface area contributed by atoms with Gasteiger partial charge in [0.15, 0.2) is 6.29 Å². The van der Waals surface area contributed by atoms with Gasteiger partial charge in [-0.15, -0.1) is 0 Å². The van der Waals surface area contributed by atoms with Crippen LogP contribution < -0.4 is 5.32 Å². The molecule has 2 aromatic heterocycles. The first kappa shape index (κ1) is 20.8. The molecule has 1 aromatic carbocycles. The number of nitrogens with one attached hydrogen (secondary N) is 1. The lowest BCUT2D eigenvalue weighted by atomic mass is 9.99. The van der Waals surface area contributed by atoms with Gasteiger partial charge in [0.05, 0.1) is 5.69 Å². The zero-order chi connectivity index (χ0) is 21.2. The summed E-state index contributed by atoms with van der Waals surface area (Å²) in [5.74, 6) is 0. The zero-order valence-electron chi connectivity index (χ0n) is 16.8. The van der Waals surface area contributed by atoms with Crippen LogP contribution in [0, 0.1) is 6.92 Å². The second kappa shape index (κ2) is 8.21. The lowest BCUT2D eigenvalue weighted by molar-refractivity contribution is 0.0526. The average molecular weight is 415 g/mol. The predicted octanol–water partition coefficient (Wildman–Crippen LogP) is 4.40. The summed E-state index contributed by atoms with van der Waals surface area (Å²) >= 11 is 6.02. The molecule has 0 aliphatic rings. The topological polar surface area (TPSA) is 86.1 Å².